The summed E-state index contributed by atoms with van der Waals surface area (Å²) >= 11 is 3.39. The first-order valence-corrected chi connectivity index (χ1v) is 6.26. The minimum absolute atomic E-state index is 0.0347. The molecule has 0 aliphatic carbocycles. The second-order valence-electron chi connectivity index (χ2n) is 3.61. The molecule has 0 fully saturated rings. The maximum Gasteiger partial charge on any atom is 0.280 e. The van der Waals surface area contributed by atoms with Crippen LogP contribution in [0, 0.1) is 10.1 Å². The van der Waals surface area contributed by atoms with Crippen LogP contribution in [0.2, 0.25) is 0 Å². The van der Waals surface area contributed by atoms with E-state index in [2.05, 4.69) is 26.1 Å². The smallest absolute Gasteiger partial charge is 0.280 e. The van der Waals surface area contributed by atoms with Gasteiger partial charge in [0, 0.05) is 6.07 Å². The third-order valence-electron chi connectivity index (χ3n) is 2.41. The van der Waals surface area contributed by atoms with Gasteiger partial charge in [-0.15, -0.1) is 0 Å². The molecule has 0 bridgehead atoms. The number of alkyl halides is 1. The predicted molar refractivity (Wildman–Crippen MR) is 68.3 cm³/mol. The third-order valence-corrected chi connectivity index (χ3v) is 3.45. The molecule has 6 nitrogen and oxygen atoms in total. The van der Waals surface area contributed by atoms with E-state index in [1.165, 1.54) is 6.07 Å². The van der Waals surface area contributed by atoms with Crippen LogP contribution in [0.15, 0.2) is 28.8 Å². The zero-order valence-corrected chi connectivity index (χ0v) is 11.1. The molecule has 0 spiro atoms. The van der Waals surface area contributed by atoms with Crippen LogP contribution in [0.1, 0.15) is 24.1 Å². The van der Waals surface area contributed by atoms with Gasteiger partial charge in [-0.25, -0.2) is 0 Å². The lowest BCUT2D eigenvalue weighted by molar-refractivity contribution is -0.384. The molecular weight excluding hydrogens is 302 g/mol. The minimum atomic E-state index is -0.462. The first-order valence-electron chi connectivity index (χ1n) is 5.35. The number of nitrogens with zero attached hydrogens (tertiary/aromatic N) is 3. The van der Waals surface area contributed by atoms with Gasteiger partial charge in [-0.05, 0) is 12.5 Å². The fraction of sp³-hybridized carbons (Fsp3) is 0.273. The topological polar surface area (TPSA) is 82.1 Å². The summed E-state index contributed by atoms with van der Waals surface area (Å²) in [6.07, 6.45) is 0.790. The van der Waals surface area contributed by atoms with Crippen molar-refractivity contribution in [3.8, 4) is 11.4 Å². The van der Waals surface area contributed by atoms with E-state index < -0.39 is 4.92 Å². The molecule has 1 atom stereocenters. The number of aromatic nitrogens is 2. The fourth-order valence-corrected chi connectivity index (χ4v) is 1.65. The summed E-state index contributed by atoms with van der Waals surface area (Å²) in [6, 6.07) is 6.31. The van der Waals surface area contributed by atoms with Crippen molar-refractivity contribution >= 4 is 21.6 Å². The van der Waals surface area contributed by atoms with Gasteiger partial charge in [0.25, 0.3) is 5.69 Å². The first-order chi connectivity index (χ1) is 8.63. The van der Waals surface area contributed by atoms with Crippen molar-refractivity contribution in [2.24, 2.45) is 0 Å². The summed E-state index contributed by atoms with van der Waals surface area (Å²) in [5.41, 5.74) is 0.320. The van der Waals surface area contributed by atoms with Gasteiger partial charge in [-0.1, -0.05) is 40.1 Å². The van der Waals surface area contributed by atoms with Crippen LogP contribution in [0.4, 0.5) is 5.69 Å². The Hall–Kier alpha value is -1.76. The largest absolute Gasteiger partial charge is 0.338 e. The van der Waals surface area contributed by atoms with Gasteiger partial charge in [0.1, 0.15) is 5.56 Å². The van der Waals surface area contributed by atoms with Crippen molar-refractivity contribution in [2.75, 3.05) is 0 Å². The van der Waals surface area contributed by atoms with Gasteiger partial charge >= 0.3 is 0 Å². The van der Waals surface area contributed by atoms with E-state index in [0.717, 1.165) is 6.42 Å². The number of hydrogen-bond donors (Lipinski definition) is 0. The number of para-hydroxylation sites is 1. The minimum Gasteiger partial charge on any atom is -0.338 e. The van der Waals surface area contributed by atoms with Crippen molar-refractivity contribution in [2.45, 2.75) is 18.2 Å². The van der Waals surface area contributed by atoms with Crippen molar-refractivity contribution in [3.63, 3.8) is 0 Å². The maximum absolute atomic E-state index is 10.9. The normalized spacial score (nSPS) is 12.3. The van der Waals surface area contributed by atoms with Crippen LogP contribution in [0.5, 0.6) is 0 Å². The predicted octanol–water partition coefficient (Wildman–Crippen LogP) is 3.49. The third kappa shape index (κ3) is 2.40. The molecule has 1 heterocycles. The highest BCUT2D eigenvalue weighted by Crippen LogP contribution is 2.30. The quantitative estimate of drug-likeness (QED) is 0.490. The molecule has 0 radical (unpaired) electrons. The molecule has 1 aromatic carbocycles. The van der Waals surface area contributed by atoms with Crippen LogP contribution in [-0.2, 0) is 0 Å². The number of nitro groups is 1. The second-order valence-corrected chi connectivity index (χ2v) is 4.71. The average Bonchev–Trinajstić information content (AvgIpc) is 2.87. The Morgan fingerprint density at radius 2 is 2.22 bits per heavy atom. The number of halogens is 1. The second kappa shape index (κ2) is 5.26. The van der Waals surface area contributed by atoms with Gasteiger partial charge < -0.3 is 4.52 Å². The standard InChI is InChI=1S/C11H10BrN3O3/c1-2-8(12)11-13-10(14-18-11)7-5-3-4-6-9(7)15(16)17/h3-6,8H,2H2,1H3. The summed E-state index contributed by atoms with van der Waals surface area (Å²) in [4.78, 5) is 14.6. The molecule has 18 heavy (non-hydrogen) atoms. The van der Waals surface area contributed by atoms with Crippen LogP contribution < -0.4 is 0 Å². The highest BCUT2D eigenvalue weighted by atomic mass is 79.9. The zero-order chi connectivity index (χ0) is 13.1. The summed E-state index contributed by atoms with van der Waals surface area (Å²) in [7, 11) is 0. The molecule has 94 valence electrons. The molecular formula is C11H10BrN3O3. The highest BCUT2D eigenvalue weighted by Gasteiger charge is 2.21. The summed E-state index contributed by atoms with van der Waals surface area (Å²) < 4.78 is 5.08. The first kappa shape index (κ1) is 12.7. The number of hydrogen-bond acceptors (Lipinski definition) is 5. The highest BCUT2D eigenvalue weighted by molar-refractivity contribution is 9.09. The van der Waals surface area contributed by atoms with E-state index in [9.17, 15) is 10.1 Å². The molecule has 1 unspecified atom stereocenters. The summed E-state index contributed by atoms with van der Waals surface area (Å²) in [5, 5.41) is 14.7. The molecule has 0 saturated carbocycles. The molecule has 2 rings (SSSR count). The lowest BCUT2D eigenvalue weighted by Crippen LogP contribution is -1.93. The van der Waals surface area contributed by atoms with E-state index >= 15 is 0 Å². The molecule has 0 amide bonds. The number of nitro benzene ring substituents is 1. The van der Waals surface area contributed by atoms with E-state index in [4.69, 9.17) is 4.52 Å². The molecule has 0 N–H and O–H groups in total. The zero-order valence-electron chi connectivity index (χ0n) is 9.54. The fourth-order valence-electron chi connectivity index (χ4n) is 1.47. The summed E-state index contributed by atoms with van der Waals surface area (Å²) in [5.74, 6) is 0.654. The molecule has 7 heteroatoms. The number of benzene rings is 1. The Labute approximate surface area is 111 Å². The Morgan fingerprint density at radius 1 is 1.50 bits per heavy atom. The molecule has 0 saturated heterocycles. The lowest BCUT2D eigenvalue weighted by Gasteiger charge is -1.97. The molecule has 2 aromatic rings. The number of rotatable bonds is 4. The Kier molecular flexibility index (Phi) is 3.71. The van der Waals surface area contributed by atoms with Crippen molar-refractivity contribution < 1.29 is 9.45 Å². The van der Waals surface area contributed by atoms with E-state index in [1.807, 2.05) is 6.92 Å². The Morgan fingerprint density at radius 3 is 2.89 bits per heavy atom. The van der Waals surface area contributed by atoms with Gasteiger partial charge in [0.2, 0.25) is 11.7 Å². The lowest BCUT2D eigenvalue weighted by atomic mass is 10.2. The van der Waals surface area contributed by atoms with E-state index in [1.54, 1.807) is 18.2 Å². The maximum atomic E-state index is 10.9. The van der Waals surface area contributed by atoms with Crippen molar-refractivity contribution in [1.29, 1.82) is 0 Å². The molecule has 1 aromatic heterocycles. The Balaban J connectivity index is 2.43. The SMILES string of the molecule is CCC(Br)c1nc(-c2ccccc2[N+](=O)[O-])no1. The van der Waals surface area contributed by atoms with Crippen LogP contribution in [0.25, 0.3) is 11.4 Å². The van der Waals surface area contributed by atoms with Crippen molar-refractivity contribution in [3.05, 3.63) is 40.3 Å². The van der Waals surface area contributed by atoms with Gasteiger partial charge in [0.15, 0.2) is 0 Å². The molecule has 0 aliphatic rings. The average molecular weight is 312 g/mol. The Bertz CT molecular complexity index is 570. The van der Waals surface area contributed by atoms with Crippen molar-refractivity contribution in [1.82, 2.24) is 10.1 Å². The van der Waals surface area contributed by atoms with Crippen LogP contribution in [-0.4, -0.2) is 15.1 Å². The van der Waals surface area contributed by atoms with Crippen LogP contribution in [0.3, 0.4) is 0 Å². The summed E-state index contributed by atoms with van der Waals surface area (Å²) in [6.45, 7) is 1.97. The van der Waals surface area contributed by atoms with Gasteiger partial charge in [-0.2, -0.15) is 4.98 Å². The van der Waals surface area contributed by atoms with Gasteiger partial charge in [0.05, 0.1) is 9.75 Å². The van der Waals surface area contributed by atoms with E-state index in [-0.39, 0.29) is 16.3 Å². The van der Waals surface area contributed by atoms with Gasteiger partial charge in [-0.3, -0.25) is 10.1 Å². The van der Waals surface area contributed by atoms with Crippen LogP contribution >= 0.6 is 15.9 Å². The molecule has 0 aliphatic heterocycles. The monoisotopic (exact) mass is 311 g/mol. The van der Waals surface area contributed by atoms with E-state index in [0.29, 0.717) is 11.5 Å².